The maximum atomic E-state index is 11.5. The monoisotopic (exact) mass is 255 g/mol. The average molecular weight is 255 g/mol. The lowest BCUT2D eigenvalue weighted by atomic mass is 10.4. The quantitative estimate of drug-likeness (QED) is 0.441. The Hall–Kier alpha value is -2.12. The van der Waals surface area contributed by atoms with Crippen molar-refractivity contribution in [2.45, 2.75) is 19.4 Å². The van der Waals surface area contributed by atoms with E-state index in [0.29, 0.717) is 13.0 Å². The fourth-order valence-corrected chi connectivity index (χ4v) is 1.78. The molecular formula is C10H13N3O5. The van der Waals surface area contributed by atoms with Crippen molar-refractivity contribution in [3.05, 3.63) is 16.3 Å². The molecule has 0 unspecified atom stereocenters. The van der Waals surface area contributed by atoms with Gasteiger partial charge in [0.1, 0.15) is 6.20 Å². The summed E-state index contributed by atoms with van der Waals surface area (Å²) >= 11 is 0. The van der Waals surface area contributed by atoms with E-state index in [9.17, 15) is 14.9 Å². The van der Waals surface area contributed by atoms with Crippen molar-refractivity contribution in [3.8, 4) is 5.88 Å². The molecule has 0 saturated heterocycles. The Morgan fingerprint density at radius 1 is 1.72 bits per heavy atom. The molecule has 1 aromatic rings. The summed E-state index contributed by atoms with van der Waals surface area (Å²) in [4.78, 5) is 21.6. The van der Waals surface area contributed by atoms with Gasteiger partial charge in [0, 0.05) is 0 Å². The second-order valence-electron chi connectivity index (χ2n) is 3.92. The van der Waals surface area contributed by atoms with Crippen LogP contribution in [0.25, 0.3) is 0 Å². The number of ether oxygens (including phenoxy) is 2. The second-order valence-corrected chi connectivity index (χ2v) is 3.92. The van der Waals surface area contributed by atoms with Crippen LogP contribution in [0, 0.1) is 16.0 Å². The number of methoxy groups -OCH3 is 1. The van der Waals surface area contributed by atoms with E-state index in [1.807, 2.05) is 0 Å². The average Bonchev–Trinajstić information content (AvgIpc) is 3.01. The molecule has 1 aromatic heterocycles. The Morgan fingerprint density at radius 3 is 2.94 bits per heavy atom. The summed E-state index contributed by atoms with van der Waals surface area (Å²) in [5.41, 5.74) is -0.202. The molecule has 0 aromatic carbocycles. The zero-order chi connectivity index (χ0) is 13.3. The maximum absolute atomic E-state index is 11.5. The third-order valence-corrected chi connectivity index (χ3v) is 2.76. The van der Waals surface area contributed by atoms with Gasteiger partial charge in [-0.2, -0.15) is 0 Å². The van der Waals surface area contributed by atoms with Gasteiger partial charge in [-0.3, -0.25) is 19.6 Å². The van der Waals surface area contributed by atoms with E-state index in [-0.39, 0.29) is 29.5 Å². The van der Waals surface area contributed by atoms with Crippen LogP contribution in [0.2, 0.25) is 0 Å². The zero-order valence-corrected chi connectivity index (χ0v) is 10.0. The number of nitro groups is 1. The number of hydrogen-bond donors (Lipinski definition) is 0. The van der Waals surface area contributed by atoms with Crippen molar-refractivity contribution in [3.63, 3.8) is 0 Å². The highest BCUT2D eigenvalue weighted by molar-refractivity contribution is 5.76. The van der Waals surface area contributed by atoms with Gasteiger partial charge in [0.25, 0.3) is 0 Å². The highest BCUT2D eigenvalue weighted by atomic mass is 16.6. The molecule has 0 radical (unpaired) electrons. The Kier molecular flexibility index (Phi) is 3.17. The molecule has 8 heteroatoms. The van der Waals surface area contributed by atoms with E-state index in [1.54, 1.807) is 6.92 Å². The molecule has 0 N–H and O–H groups in total. The van der Waals surface area contributed by atoms with Crippen LogP contribution in [-0.2, 0) is 9.53 Å². The molecule has 98 valence electrons. The zero-order valence-electron chi connectivity index (χ0n) is 10.0. The molecule has 1 aliphatic carbocycles. The van der Waals surface area contributed by atoms with E-state index in [4.69, 9.17) is 9.47 Å². The van der Waals surface area contributed by atoms with Gasteiger partial charge in [0.2, 0.25) is 0 Å². The molecule has 2 atom stereocenters. The molecule has 0 bridgehead atoms. The van der Waals surface area contributed by atoms with Gasteiger partial charge in [0.15, 0.2) is 0 Å². The number of rotatable bonds is 5. The second kappa shape index (κ2) is 4.63. The number of carbonyl (C=O) groups excluding carboxylic acids is 1. The van der Waals surface area contributed by atoms with Gasteiger partial charge in [-0.05, 0) is 13.3 Å². The molecular weight excluding hydrogens is 242 g/mol. The Labute approximate surface area is 103 Å². The van der Waals surface area contributed by atoms with Crippen molar-refractivity contribution in [1.82, 2.24) is 9.78 Å². The van der Waals surface area contributed by atoms with Crippen LogP contribution in [0.5, 0.6) is 5.88 Å². The van der Waals surface area contributed by atoms with Crippen molar-refractivity contribution >= 4 is 11.7 Å². The molecule has 0 aliphatic heterocycles. The lowest BCUT2D eigenvalue weighted by Crippen LogP contribution is -2.09. The molecule has 8 nitrogen and oxygen atoms in total. The minimum absolute atomic E-state index is 0.0468. The van der Waals surface area contributed by atoms with Crippen LogP contribution in [0.15, 0.2) is 6.20 Å². The van der Waals surface area contributed by atoms with E-state index >= 15 is 0 Å². The number of carbonyl (C=O) groups is 1. The number of aromatic nitrogens is 2. The minimum Gasteiger partial charge on any atom is -0.475 e. The van der Waals surface area contributed by atoms with Gasteiger partial charge in [-0.25, -0.2) is 0 Å². The van der Waals surface area contributed by atoms with Gasteiger partial charge < -0.3 is 9.47 Å². The normalized spacial score (nSPS) is 21.4. The Bertz CT molecular complexity index is 484. The molecule has 1 aliphatic rings. The van der Waals surface area contributed by atoms with Crippen LogP contribution in [-0.4, -0.2) is 34.4 Å². The van der Waals surface area contributed by atoms with E-state index < -0.39 is 4.92 Å². The SMILES string of the molecule is CCOC(=O)[C@@H]1C[C@H]1n1cc([N+](=O)[O-])c(OC)n1. The molecule has 1 fully saturated rings. The summed E-state index contributed by atoms with van der Waals surface area (Å²) in [6, 6.07) is -0.174. The third kappa shape index (κ3) is 2.13. The number of nitrogens with zero attached hydrogens (tertiary/aromatic N) is 3. The predicted octanol–water partition coefficient (Wildman–Crippen LogP) is 0.924. The summed E-state index contributed by atoms with van der Waals surface area (Å²) in [6.07, 6.45) is 1.86. The summed E-state index contributed by atoms with van der Waals surface area (Å²) in [7, 11) is 1.31. The third-order valence-electron chi connectivity index (χ3n) is 2.76. The summed E-state index contributed by atoms with van der Waals surface area (Å²) < 4.78 is 11.1. The number of hydrogen-bond acceptors (Lipinski definition) is 6. The topological polar surface area (TPSA) is 96.5 Å². The molecule has 18 heavy (non-hydrogen) atoms. The number of esters is 1. The molecule has 0 spiro atoms. The molecule has 1 heterocycles. The lowest BCUT2D eigenvalue weighted by molar-refractivity contribution is -0.385. The Morgan fingerprint density at radius 2 is 2.44 bits per heavy atom. The van der Waals surface area contributed by atoms with Crippen LogP contribution in [0.1, 0.15) is 19.4 Å². The predicted molar refractivity (Wildman–Crippen MR) is 59.2 cm³/mol. The van der Waals surface area contributed by atoms with Gasteiger partial charge in [-0.15, -0.1) is 5.10 Å². The van der Waals surface area contributed by atoms with Crippen molar-refractivity contribution in [1.29, 1.82) is 0 Å². The first-order chi connectivity index (χ1) is 8.58. The summed E-state index contributed by atoms with van der Waals surface area (Å²) in [5.74, 6) is -0.608. The van der Waals surface area contributed by atoms with Crippen LogP contribution in [0.3, 0.4) is 0 Å². The molecule has 2 rings (SSSR count). The lowest BCUT2D eigenvalue weighted by Gasteiger charge is -2.00. The van der Waals surface area contributed by atoms with Crippen molar-refractivity contribution in [2.24, 2.45) is 5.92 Å². The first-order valence-corrected chi connectivity index (χ1v) is 5.52. The highest BCUT2D eigenvalue weighted by Crippen LogP contribution is 2.45. The highest BCUT2D eigenvalue weighted by Gasteiger charge is 2.47. The fraction of sp³-hybridized carbons (Fsp3) is 0.600. The minimum atomic E-state index is -0.565. The first-order valence-electron chi connectivity index (χ1n) is 5.52. The van der Waals surface area contributed by atoms with Gasteiger partial charge in [0.05, 0.1) is 30.6 Å². The standard InChI is InChI=1S/C10H13N3O5/c1-3-18-10(14)6-4-7(6)12-5-8(13(15)16)9(11-12)17-2/h5-7H,3-4H2,1-2H3/t6-,7-/m1/s1. The summed E-state index contributed by atoms with van der Waals surface area (Å²) in [6.45, 7) is 2.06. The summed E-state index contributed by atoms with van der Waals surface area (Å²) in [5, 5.41) is 14.7. The molecule has 1 saturated carbocycles. The van der Waals surface area contributed by atoms with Crippen molar-refractivity contribution < 1.29 is 19.2 Å². The van der Waals surface area contributed by atoms with Crippen molar-refractivity contribution in [2.75, 3.05) is 13.7 Å². The maximum Gasteiger partial charge on any atom is 0.350 e. The van der Waals surface area contributed by atoms with E-state index in [2.05, 4.69) is 5.10 Å². The Balaban J connectivity index is 2.12. The fourth-order valence-electron chi connectivity index (χ4n) is 1.78. The van der Waals surface area contributed by atoms with Gasteiger partial charge in [-0.1, -0.05) is 0 Å². The van der Waals surface area contributed by atoms with E-state index in [0.717, 1.165) is 0 Å². The van der Waals surface area contributed by atoms with Crippen LogP contribution < -0.4 is 4.74 Å². The van der Waals surface area contributed by atoms with E-state index in [1.165, 1.54) is 18.0 Å². The van der Waals surface area contributed by atoms with Crippen LogP contribution >= 0.6 is 0 Å². The van der Waals surface area contributed by atoms with Crippen LogP contribution in [0.4, 0.5) is 5.69 Å². The smallest absolute Gasteiger partial charge is 0.350 e. The molecule has 0 amide bonds. The largest absolute Gasteiger partial charge is 0.475 e. The first kappa shape index (κ1) is 12.3. The van der Waals surface area contributed by atoms with Gasteiger partial charge >= 0.3 is 17.5 Å².